The van der Waals surface area contributed by atoms with E-state index in [2.05, 4.69) is 14.2 Å². The summed E-state index contributed by atoms with van der Waals surface area (Å²) in [5.41, 5.74) is 0.911. The van der Waals surface area contributed by atoms with Crippen molar-refractivity contribution < 1.29 is 27.5 Å². The normalized spacial score (nSPS) is 12.5. The van der Waals surface area contributed by atoms with E-state index in [4.69, 9.17) is 0 Å². The van der Waals surface area contributed by atoms with Gasteiger partial charge in [0.25, 0.3) is 0 Å². The maximum absolute atomic E-state index is 12.3. The number of carbonyl (C=O) groups is 2. The molecule has 0 spiro atoms. The third kappa shape index (κ3) is 5.12. The predicted molar refractivity (Wildman–Crippen MR) is 78.6 cm³/mol. The minimum Gasteiger partial charge on any atom is -0.469 e. The molecule has 1 aromatic carbocycles. The Bertz CT molecular complexity index is 623. The van der Waals surface area contributed by atoms with Crippen LogP contribution in [0.2, 0.25) is 0 Å². The molecule has 0 heterocycles. The van der Waals surface area contributed by atoms with Crippen LogP contribution in [0, 0.1) is 6.92 Å². The molecule has 0 aliphatic heterocycles. The molecule has 22 heavy (non-hydrogen) atoms. The zero-order valence-electron chi connectivity index (χ0n) is 12.7. The van der Waals surface area contributed by atoms with Gasteiger partial charge < -0.3 is 9.47 Å². The van der Waals surface area contributed by atoms with Gasteiger partial charge >= 0.3 is 11.9 Å². The monoisotopic (exact) mass is 329 g/mol. The zero-order valence-corrected chi connectivity index (χ0v) is 13.5. The molecule has 0 saturated carbocycles. The second-order valence-electron chi connectivity index (χ2n) is 4.62. The first-order valence-corrected chi connectivity index (χ1v) is 8.02. The number of ether oxygens (including phenoxy) is 2. The van der Waals surface area contributed by atoms with Gasteiger partial charge in [0.15, 0.2) is 0 Å². The molecule has 1 unspecified atom stereocenters. The third-order valence-electron chi connectivity index (χ3n) is 2.98. The van der Waals surface area contributed by atoms with Crippen LogP contribution in [-0.2, 0) is 29.1 Å². The summed E-state index contributed by atoms with van der Waals surface area (Å²) in [5.74, 6) is -1.30. The summed E-state index contributed by atoms with van der Waals surface area (Å²) < 4.78 is 35.8. The molecule has 1 atom stereocenters. The van der Waals surface area contributed by atoms with Gasteiger partial charge in [-0.15, -0.1) is 0 Å². The molecule has 0 aromatic heterocycles. The van der Waals surface area contributed by atoms with Crippen LogP contribution in [0.15, 0.2) is 29.2 Å². The second kappa shape index (κ2) is 7.90. The van der Waals surface area contributed by atoms with E-state index in [1.807, 2.05) is 6.92 Å². The standard InChI is InChI=1S/C14H19NO6S/c1-10-4-6-11(7-5-10)22(18,19)15-12(14(17)21-3)8-9-13(16)20-2/h4-7,12,15H,8-9H2,1-3H3. The van der Waals surface area contributed by atoms with Crippen molar-refractivity contribution >= 4 is 22.0 Å². The Balaban J connectivity index is 2.89. The van der Waals surface area contributed by atoms with Crippen molar-refractivity contribution in [2.45, 2.75) is 30.7 Å². The Morgan fingerprint density at radius 2 is 1.73 bits per heavy atom. The van der Waals surface area contributed by atoms with Gasteiger partial charge in [-0.25, -0.2) is 8.42 Å². The van der Waals surface area contributed by atoms with E-state index >= 15 is 0 Å². The lowest BCUT2D eigenvalue weighted by Gasteiger charge is -2.16. The van der Waals surface area contributed by atoms with Gasteiger partial charge in [-0.2, -0.15) is 4.72 Å². The number of benzene rings is 1. The quantitative estimate of drug-likeness (QED) is 0.742. The smallest absolute Gasteiger partial charge is 0.323 e. The number of esters is 2. The van der Waals surface area contributed by atoms with Crippen LogP contribution in [0.1, 0.15) is 18.4 Å². The first kappa shape index (κ1) is 18.1. The summed E-state index contributed by atoms with van der Waals surface area (Å²) in [6.45, 7) is 1.83. The molecule has 0 fully saturated rings. The second-order valence-corrected chi connectivity index (χ2v) is 6.34. The minimum absolute atomic E-state index is 0.0325. The molecule has 0 aliphatic carbocycles. The average molecular weight is 329 g/mol. The van der Waals surface area contributed by atoms with Crippen molar-refractivity contribution in [3.05, 3.63) is 29.8 Å². The van der Waals surface area contributed by atoms with Gasteiger partial charge in [-0.1, -0.05) is 17.7 Å². The van der Waals surface area contributed by atoms with E-state index < -0.39 is 28.0 Å². The fourth-order valence-corrected chi connectivity index (χ4v) is 2.92. The van der Waals surface area contributed by atoms with E-state index in [-0.39, 0.29) is 17.7 Å². The van der Waals surface area contributed by atoms with Crippen molar-refractivity contribution in [1.82, 2.24) is 4.72 Å². The first-order valence-electron chi connectivity index (χ1n) is 6.54. The van der Waals surface area contributed by atoms with Gasteiger partial charge in [-0.05, 0) is 25.5 Å². The molecular weight excluding hydrogens is 310 g/mol. The summed E-state index contributed by atoms with van der Waals surface area (Å²) in [6.07, 6.45) is -0.156. The Hall–Kier alpha value is -1.93. The van der Waals surface area contributed by atoms with Crippen LogP contribution in [0.4, 0.5) is 0 Å². The molecule has 122 valence electrons. The largest absolute Gasteiger partial charge is 0.469 e. The highest BCUT2D eigenvalue weighted by atomic mass is 32.2. The number of methoxy groups -OCH3 is 2. The molecule has 1 rings (SSSR count). The number of rotatable bonds is 7. The summed E-state index contributed by atoms with van der Waals surface area (Å²) in [6, 6.07) is 5.01. The maximum atomic E-state index is 12.3. The van der Waals surface area contributed by atoms with Crippen LogP contribution < -0.4 is 4.72 Å². The summed E-state index contributed by atoms with van der Waals surface area (Å²) >= 11 is 0. The van der Waals surface area contributed by atoms with Crippen molar-refractivity contribution in [2.24, 2.45) is 0 Å². The van der Waals surface area contributed by atoms with Crippen LogP contribution in [0.3, 0.4) is 0 Å². The number of hydrogen-bond donors (Lipinski definition) is 1. The van der Waals surface area contributed by atoms with Crippen molar-refractivity contribution in [1.29, 1.82) is 0 Å². The number of nitrogens with one attached hydrogen (secondary N) is 1. The van der Waals surface area contributed by atoms with Crippen molar-refractivity contribution in [3.63, 3.8) is 0 Å². The lowest BCUT2D eigenvalue weighted by atomic mass is 10.2. The third-order valence-corrected chi connectivity index (χ3v) is 4.47. The van der Waals surface area contributed by atoms with Gasteiger partial charge in [0.1, 0.15) is 6.04 Å². The Labute approximate surface area is 129 Å². The van der Waals surface area contributed by atoms with E-state index in [1.165, 1.54) is 19.2 Å². The molecular formula is C14H19NO6S. The molecule has 1 N–H and O–H groups in total. The Morgan fingerprint density at radius 1 is 1.14 bits per heavy atom. The van der Waals surface area contributed by atoms with E-state index in [9.17, 15) is 18.0 Å². The van der Waals surface area contributed by atoms with Gasteiger partial charge in [0.05, 0.1) is 19.1 Å². The van der Waals surface area contributed by atoms with Gasteiger partial charge in [0.2, 0.25) is 10.0 Å². The predicted octanol–water partition coefficient (Wildman–Crippen LogP) is 0.768. The lowest BCUT2D eigenvalue weighted by Crippen LogP contribution is -2.41. The highest BCUT2D eigenvalue weighted by molar-refractivity contribution is 7.89. The summed E-state index contributed by atoms with van der Waals surface area (Å²) in [5, 5.41) is 0. The molecule has 7 nitrogen and oxygen atoms in total. The molecule has 0 radical (unpaired) electrons. The maximum Gasteiger partial charge on any atom is 0.323 e. The number of sulfonamides is 1. The van der Waals surface area contributed by atoms with Crippen LogP contribution in [0.5, 0.6) is 0 Å². The number of hydrogen-bond acceptors (Lipinski definition) is 6. The zero-order chi connectivity index (χ0) is 16.8. The molecule has 0 amide bonds. The topological polar surface area (TPSA) is 98.8 Å². The fourth-order valence-electron chi connectivity index (χ4n) is 1.70. The lowest BCUT2D eigenvalue weighted by molar-refractivity contribution is -0.144. The summed E-state index contributed by atoms with van der Waals surface area (Å²) in [4.78, 5) is 22.9. The number of carbonyl (C=O) groups excluding carboxylic acids is 2. The van der Waals surface area contributed by atoms with Gasteiger partial charge in [0, 0.05) is 6.42 Å². The first-order chi connectivity index (χ1) is 10.3. The summed E-state index contributed by atoms with van der Waals surface area (Å²) in [7, 11) is -1.53. The van der Waals surface area contributed by atoms with E-state index in [1.54, 1.807) is 12.1 Å². The molecule has 0 aliphatic rings. The molecule has 0 bridgehead atoms. The van der Waals surface area contributed by atoms with Crippen LogP contribution in [-0.4, -0.2) is 40.6 Å². The average Bonchev–Trinajstić information content (AvgIpc) is 2.50. The highest BCUT2D eigenvalue weighted by Crippen LogP contribution is 2.12. The fraction of sp³-hybridized carbons (Fsp3) is 0.429. The van der Waals surface area contributed by atoms with Crippen LogP contribution in [0.25, 0.3) is 0 Å². The minimum atomic E-state index is -3.89. The van der Waals surface area contributed by atoms with E-state index in [0.29, 0.717) is 0 Å². The molecule has 8 heteroatoms. The highest BCUT2D eigenvalue weighted by Gasteiger charge is 2.27. The van der Waals surface area contributed by atoms with E-state index in [0.717, 1.165) is 12.7 Å². The molecule has 0 saturated heterocycles. The SMILES string of the molecule is COC(=O)CCC(NS(=O)(=O)c1ccc(C)cc1)C(=O)OC. The Kier molecular flexibility index (Phi) is 6.51. The van der Waals surface area contributed by atoms with Crippen molar-refractivity contribution in [2.75, 3.05) is 14.2 Å². The van der Waals surface area contributed by atoms with Crippen molar-refractivity contribution in [3.8, 4) is 0 Å². The van der Waals surface area contributed by atoms with Gasteiger partial charge in [-0.3, -0.25) is 9.59 Å². The molecule has 1 aromatic rings. The van der Waals surface area contributed by atoms with Crippen LogP contribution >= 0.6 is 0 Å². The Morgan fingerprint density at radius 3 is 2.23 bits per heavy atom. The number of aryl methyl sites for hydroxylation is 1.